The molecular weight excluding hydrogens is 192 g/mol. The SMILES string of the molecule is CCc1ccc(CSC(C)CO)cc1. The molecule has 14 heavy (non-hydrogen) atoms. The fraction of sp³-hybridized carbons (Fsp3) is 0.500. The number of aliphatic hydroxyl groups is 1. The van der Waals surface area contributed by atoms with Crippen LogP contribution in [-0.4, -0.2) is 17.0 Å². The van der Waals surface area contributed by atoms with Crippen molar-refractivity contribution in [2.45, 2.75) is 31.3 Å². The molecule has 0 bridgehead atoms. The van der Waals surface area contributed by atoms with Crippen molar-refractivity contribution in [2.75, 3.05) is 6.61 Å². The Kier molecular flexibility index (Phi) is 5.05. The van der Waals surface area contributed by atoms with Gasteiger partial charge in [0.1, 0.15) is 0 Å². The second-order valence-electron chi connectivity index (χ2n) is 3.47. The van der Waals surface area contributed by atoms with E-state index in [1.165, 1.54) is 11.1 Å². The molecule has 0 saturated carbocycles. The van der Waals surface area contributed by atoms with E-state index in [1.807, 2.05) is 6.92 Å². The highest BCUT2D eigenvalue weighted by Gasteiger charge is 2.00. The average Bonchev–Trinajstić information content (AvgIpc) is 2.26. The Balaban J connectivity index is 2.43. The van der Waals surface area contributed by atoms with Gasteiger partial charge in [0, 0.05) is 11.0 Å². The molecule has 0 amide bonds. The number of thioether (sulfide) groups is 1. The van der Waals surface area contributed by atoms with E-state index in [0.717, 1.165) is 12.2 Å². The molecule has 78 valence electrons. The maximum absolute atomic E-state index is 8.87. The topological polar surface area (TPSA) is 20.2 Å². The third-order valence-corrected chi connectivity index (χ3v) is 3.44. The second kappa shape index (κ2) is 6.10. The summed E-state index contributed by atoms with van der Waals surface area (Å²) in [4.78, 5) is 0. The molecule has 1 atom stereocenters. The van der Waals surface area contributed by atoms with Crippen LogP contribution in [0.5, 0.6) is 0 Å². The van der Waals surface area contributed by atoms with Gasteiger partial charge in [-0.1, -0.05) is 38.1 Å². The lowest BCUT2D eigenvalue weighted by atomic mass is 10.1. The third kappa shape index (κ3) is 3.72. The lowest BCUT2D eigenvalue weighted by molar-refractivity contribution is 0.300. The predicted molar refractivity (Wildman–Crippen MR) is 63.7 cm³/mol. The van der Waals surface area contributed by atoms with Gasteiger partial charge in [0.25, 0.3) is 0 Å². The van der Waals surface area contributed by atoms with Crippen LogP contribution in [0.3, 0.4) is 0 Å². The van der Waals surface area contributed by atoms with Crippen molar-refractivity contribution < 1.29 is 5.11 Å². The summed E-state index contributed by atoms with van der Waals surface area (Å²) in [7, 11) is 0. The highest BCUT2D eigenvalue weighted by Crippen LogP contribution is 2.17. The quantitative estimate of drug-likeness (QED) is 0.806. The Morgan fingerprint density at radius 3 is 2.29 bits per heavy atom. The lowest BCUT2D eigenvalue weighted by Gasteiger charge is -2.07. The van der Waals surface area contributed by atoms with Gasteiger partial charge in [0.05, 0.1) is 6.61 Å². The predicted octanol–water partition coefficient (Wildman–Crippen LogP) is 2.86. The van der Waals surface area contributed by atoms with E-state index in [4.69, 9.17) is 5.11 Å². The Morgan fingerprint density at radius 1 is 1.21 bits per heavy atom. The van der Waals surface area contributed by atoms with Gasteiger partial charge < -0.3 is 5.11 Å². The van der Waals surface area contributed by atoms with Gasteiger partial charge in [-0.15, -0.1) is 0 Å². The monoisotopic (exact) mass is 210 g/mol. The van der Waals surface area contributed by atoms with Gasteiger partial charge in [-0.3, -0.25) is 0 Å². The minimum absolute atomic E-state index is 0.262. The van der Waals surface area contributed by atoms with Crippen molar-refractivity contribution in [3.63, 3.8) is 0 Å². The first-order valence-corrected chi connectivity index (χ1v) is 6.11. The van der Waals surface area contributed by atoms with E-state index >= 15 is 0 Å². The fourth-order valence-electron chi connectivity index (χ4n) is 1.16. The van der Waals surface area contributed by atoms with Crippen LogP contribution in [0.1, 0.15) is 25.0 Å². The van der Waals surface area contributed by atoms with E-state index in [0.29, 0.717) is 5.25 Å². The van der Waals surface area contributed by atoms with Crippen molar-refractivity contribution in [1.29, 1.82) is 0 Å². The standard InChI is InChI=1S/C12H18OS/c1-3-11-4-6-12(7-5-11)9-14-10(2)8-13/h4-7,10,13H,3,8-9H2,1-2H3. The average molecular weight is 210 g/mol. The minimum Gasteiger partial charge on any atom is -0.395 e. The van der Waals surface area contributed by atoms with Crippen LogP contribution in [0.15, 0.2) is 24.3 Å². The number of hydrogen-bond donors (Lipinski definition) is 1. The highest BCUT2D eigenvalue weighted by atomic mass is 32.2. The van der Waals surface area contributed by atoms with Crippen molar-refractivity contribution in [1.82, 2.24) is 0 Å². The molecule has 0 aliphatic heterocycles. The van der Waals surface area contributed by atoms with Gasteiger partial charge in [-0.2, -0.15) is 11.8 Å². The first-order valence-electron chi connectivity index (χ1n) is 5.06. The first kappa shape index (κ1) is 11.6. The second-order valence-corrected chi connectivity index (χ2v) is 4.90. The van der Waals surface area contributed by atoms with Crippen LogP contribution in [0.25, 0.3) is 0 Å². The van der Waals surface area contributed by atoms with E-state index in [-0.39, 0.29) is 6.61 Å². The number of rotatable bonds is 5. The molecule has 0 heterocycles. The smallest absolute Gasteiger partial charge is 0.0547 e. The highest BCUT2D eigenvalue weighted by molar-refractivity contribution is 7.99. The van der Waals surface area contributed by atoms with Crippen molar-refractivity contribution in [2.24, 2.45) is 0 Å². The van der Waals surface area contributed by atoms with E-state index in [2.05, 4.69) is 31.2 Å². The zero-order chi connectivity index (χ0) is 10.4. The molecule has 1 rings (SSSR count). The van der Waals surface area contributed by atoms with Crippen molar-refractivity contribution in [3.8, 4) is 0 Å². The lowest BCUT2D eigenvalue weighted by Crippen LogP contribution is -2.02. The zero-order valence-corrected chi connectivity index (χ0v) is 9.68. The summed E-state index contributed by atoms with van der Waals surface area (Å²) in [6.45, 7) is 4.47. The van der Waals surface area contributed by atoms with Gasteiger partial charge in [0.15, 0.2) is 0 Å². The van der Waals surface area contributed by atoms with E-state index in [1.54, 1.807) is 11.8 Å². The normalized spacial score (nSPS) is 12.8. The van der Waals surface area contributed by atoms with Gasteiger partial charge >= 0.3 is 0 Å². The summed E-state index contributed by atoms with van der Waals surface area (Å²) in [5.74, 6) is 0.992. The van der Waals surface area contributed by atoms with Crippen LogP contribution in [0, 0.1) is 0 Å². The number of hydrogen-bond acceptors (Lipinski definition) is 2. The van der Waals surface area contributed by atoms with Gasteiger partial charge in [0.2, 0.25) is 0 Å². The summed E-state index contributed by atoms with van der Waals surface area (Å²) in [5.41, 5.74) is 2.72. The molecule has 0 radical (unpaired) electrons. The largest absolute Gasteiger partial charge is 0.395 e. The number of benzene rings is 1. The Hall–Kier alpha value is -0.470. The number of aliphatic hydroxyl groups excluding tert-OH is 1. The Bertz CT molecular complexity index is 256. The van der Waals surface area contributed by atoms with E-state index in [9.17, 15) is 0 Å². The molecule has 1 unspecified atom stereocenters. The molecule has 1 aromatic rings. The van der Waals surface area contributed by atoms with Crippen LogP contribution >= 0.6 is 11.8 Å². The van der Waals surface area contributed by atoms with Crippen molar-refractivity contribution >= 4 is 11.8 Å². The molecule has 1 aromatic carbocycles. The summed E-state index contributed by atoms with van der Waals surface area (Å²) in [5, 5.41) is 9.21. The zero-order valence-electron chi connectivity index (χ0n) is 8.86. The van der Waals surface area contributed by atoms with Crippen molar-refractivity contribution in [3.05, 3.63) is 35.4 Å². The maximum Gasteiger partial charge on any atom is 0.0547 e. The maximum atomic E-state index is 8.87. The minimum atomic E-state index is 0.262. The molecule has 0 aliphatic carbocycles. The van der Waals surface area contributed by atoms with Crippen LogP contribution < -0.4 is 0 Å². The molecule has 0 aliphatic rings. The van der Waals surface area contributed by atoms with Gasteiger partial charge in [-0.25, -0.2) is 0 Å². The number of aryl methyl sites for hydroxylation is 1. The molecule has 0 aromatic heterocycles. The Morgan fingerprint density at radius 2 is 1.79 bits per heavy atom. The summed E-state index contributed by atoms with van der Waals surface area (Å²) in [6, 6.07) is 8.71. The van der Waals surface area contributed by atoms with E-state index < -0.39 is 0 Å². The molecule has 0 saturated heterocycles. The van der Waals surface area contributed by atoms with Crippen LogP contribution in [0.2, 0.25) is 0 Å². The summed E-state index contributed by atoms with van der Waals surface area (Å²) < 4.78 is 0. The van der Waals surface area contributed by atoms with Crippen LogP contribution in [-0.2, 0) is 12.2 Å². The molecule has 0 fully saturated rings. The molecule has 1 nitrogen and oxygen atoms in total. The van der Waals surface area contributed by atoms with Crippen LogP contribution in [0.4, 0.5) is 0 Å². The molecule has 0 spiro atoms. The first-order chi connectivity index (χ1) is 6.76. The Labute approximate surface area is 90.5 Å². The fourth-order valence-corrected chi connectivity index (χ4v) is 1.94. The third-order valence-electron chi connectivity index (χ3n) is 2.22. The molecular formula is C12H18OS. The summed E-state index contributed by atoms with van der Waals surface area (Å²) in [6.07, 6.45) is 1.10. The summed E-state index contributed by atoms with van der Waals surface area (Å²) >= 11 is 1.79. The molecule has 1 N–H and O–H groups in total. The molecule has 2 heteroatoms. The van der Waals surface area contributed by atoms with Gasteiger partial charge in [-0.05, 0) is 17.5 Å².